The molecule has 0 aromatic heterocycles. The molecule has 100 valence electrons. The van der Waals surface area contributed by atoms with Gasteiger partial charge in [0.2, 0.25) is 0 Å². The SMILES string of the molecule is COc1cc(NC2CCOC(C)(C)C2)ccc1F. The molecule has 1 aliphatic heterocycles. The van der Waals surface area contributed by atoms with E-state index >= 15 is 0 Å². The molecular weight excluding hydrogens is 233 g/mol. The lowest BCUT2D eigenvalue weighted by molar-refractivity contribution is -0.0553. The van der Waals surface area contributed by atoms with Crippen LogP contribution in [-0.4, -0.2) is 25.4 Å². The average molecular weight is 253 g/mol. The second-order valence-electron chi connectivity index (χ2n) is 5.29. The minimum Gasteiger partial charge on any atom is -0.494 e. The molecule has 0 aliphatic carbocycles. The summed E-state index contributed by atoms with van der Waals surface area (Å²) >= 11 is 0. The number of hydrogen-bond donors (Lipinski definition) is 1. The van der Waals surface area contributed by atoms with E-state index in [1.54, 1.807) is 12.1 Å². The van der Waals surface area contributed by atoms with Crippen LogP contribution in [0, 0.1) is 5.82 Å². The predicted octanol–water partition coefficient (Wildman–Crippen LogP) is 3.20. The lowest BCUT2D eigenvalue weighted by Crippen LogP contribution is -2.40. The normalized spacial score (nSPS) is 22.6. The van der Waals surface area contributed by atoms with Crippen molar-refractivity contribution in [2.75, 3.05) is 19.0 Å². The van der Waals surface area contributed by atoms with E-state index in [1.165, 1.54) is 13.2 Å². The van der Waals surface area contributed by atoms with E-state index in [1.807, 2.05) is 0 Å². The molecule has 4 heteroatoms. The molecule has 3 nitrogen and oxygen atoms in total. The van der Waals surface area contributed by atoms with Crippen LogP contribution in [0.15, 0.2) is 18.2 Å². The van der Waals surface area contributed by atoms with E-state index in [2.05, 4.69) is 19.2 Å². The van der Waals surface area contributed by atoms with Crippen LogP contribution in [-0.2, 0) is 4.74 Å². The molecule has 1 aromatic rings. The Bertz CT molecular complexity index is 420. The fourth-order valence-corrected chi connectivity index (χ4v) is 2.34. The Morgan fingerprint density at radius 3 is 2.89 bits per heavy atom. The summed E-state index contributed by atoms with van der Waals surface area (Å²) in [7, 11) is 1.47. The zero-order chi connectivity index (χ0) is 13.2. The summed E-state index contributed by atoms with van der Waals surface area (Å²) in [6.45, 7) is 4.93. The molecular formula is C14H20FNO2. The number of anilines is 1. The fourth-order valence-electron chi connectivity index (χ4n) is 2.34. The van der Waals surface area contributed by atoms with E-state index in [0.717, 1.165) is 25.1 Å². The van der Waals surface area contributed by atoms with Crippen molar-refractivity contribution in [1.29, 1.82) is 0 Å². The lowest BCUT2D eigenvalue weighted by atomic mass is 9.94. The van der Waals surface area contributed by atoms with Crippen molar-refractivity contribution in [1.82, 2.24) is 0 Å². The third kappa shape index (κ3) is 3.13. The van der Waals surface area contributed by atoms with Gasteiger partial charge in [0.15, 0.2) is 11.6 Å². The van der Waals surface area contributed by atoms with Crippen LogP contribution in [0.3, 0.4) is 0 Å². The van der Waals surface area contributed by atoms with Crippen LogP contribution < -0.4 is 10.1 Å². The number of hydrogen-bond acceptors (Lipinski definition) is 3. The Labute approximate surface area is 107 Å². The highest BCUT2D eigenvalue weighted by Gasteiger charge is 2.28. The average Bonchev–Trinajstić information content (AvgIpc) is 2.30. The molecule has 18 heavy (non-hydrogen) atoms. The van der Waals surface area contributed by atoms with Gasteiger partial charge in [-0.05, 0) is 38.8 Å². The van der Waals surface area contributed by atoms with E-state index in [9.17, 15) is 4.39 Å². The van der Waals surface area contributed by atoms with Gasteiger partial charge in [0.05, 0.1) is 12.7 Å². The maximum atomic E-state index is 13.3. The first-order valence-corrected chi connectivity index (χ1v) is 6.24. The maximum Gasteiger partial charge on any atom is 0.165 e. The van der Waals surface area contributed by atoms with Crippen LogP contribution in [0.1, 0.15) is 26.7 Å². The molecule has 0 radical (unpaired) electrons. The highest BCUT2D eigenvalue weighted by Crippen LogP contribution is 2.28. The molecule has 1 heterocycles. The first-order valence-electron chi connectivity index (χ1n) is 6.24. The molecule has 2 rings (SSSR count). The molecule has 1 fully saturated rings. The van der Waals surface area contributed by atoms with Gasteiger partial charge in [0.1, 0.15) is 0 Å². The molecule has 0 saturated carbocycles. The van der Waals surface area contributed by atoms with Gasteiger partial charge in [-0.25, -0.2) is 4.39 Å². The number of halogens is 1. The van der Waals surface area contributed by atoms with Crippen LogP contribution >= 0.6 is 0 Å². The van der Waals surface area contributed by atoms with Crippen molar-refractivity contribution in [2.24, 2.45) is 0 Å². The van der Waals surface area contributed by atoms with Crippen LogP contribution in [0.4, 0.5) is 10.1 Å². The summed E-state index contributed by atoms with van der Waals surface area (Å²) in [6, 6.07) is 5.20. The van der Waals surface area contributed by atoms with Gasteiger partial charge in [0, 0.05) is 24.4 Å². The smallest absolute Gasteiger partial charge is 0.165 e. The van der Waals surface area contributed by atoms with Crippen LogP contribution in [0.25, 0.3) is 0 Å². The summed E-state index contributed by atoms with van der Waals surface area (Å²) < 4.78 is 23.9. The quantitative estimate of drug-likeness (QED) is 0.897. The summed E-state index contributed by atoms with van der Waals surface area (Å²) in [4.78, 5) is 0. The largest absolute Gasteiger partial charge is 0.494 e. The summed E-state index contributed by atoms with van der Waals surface area (Å²) in [5.41, 5.74) is 0.788. The van der Waals surface area contributed by atoms with Crippen molar-refractivity contribution < 1.29 is 13.9 Å². The first kappa shape index (κ1) is 13.1. The lowest BCUT2D eigenvalue weighted by Gasteiger charge is -2.36. The molecule has 1 aliphatic rings. The Kier molecular flexibility index (Phi) is 3.76. The summed E-state index contributed by atoms with van der Waals surface area (Å²) in [5.74, 6) is -0.0679. The first-order chi connectivity index (χ1) is 8.50. The standard InChI is InChI=1S/C14H20FNO2/c1-14(2)9-11(6-7-18-14)16-10-4-5-12(15)13(8-10)17-3/h4-5,8,11,16H,6-7,9H2,1-3H3. The number of benzene rings is 1. The number of methoxy groups -OCH3 is 1. The van der Waals surface area contributed by atoms with Crippen LogP contribution in [0.2, 0.25) is 0 Å². The van der Waals surface area contributed by atoms with E-state index in [0.29, 0.717) is 6.04 Å². The molecule has 0 amide bonds. The molecule has 0 bridgehead atoms. The number of nitrogens with one attached hydrogen (secondary N) is 1. The summed E-state index contributed by atoms with van der Waals surface area (Å²) in [5, 5.41) is 3.41. The zero-order valence-corrected chi connectivity index (χ0v) is 11.1. The highest BCUT2D eigenvalue weighted by atomic mass is 19.1. The molecule has 1 N–H and O–H groups in total. The zero-order valence-electron chi connectivity index (χ0n) is 11.1. The van der Waals surface area contributed by atoms with E-state index < -0.39 is 0 Å². The van der Waals surface area contributed by atoms with Crippen molar-refractivity contribution in [2.45, 2.75) is 38.3 Å². The Hall–Kier alpha value is -1.29. The Morgan fingerprint density at radius 2 is 2.22 bits per heavy atom. The van der Waals surface area contributed by atoms with Crippen molar-refractivity contribution in [3.63, 3.8) is 0 Å². The monoisotopic (exact) mass is 253 g/mol. The Balaban J connectivity index is 2.05. The summed E-state index contributed by atoms with van der Waals surface area (Å²) in [6.07, 6.45) is 1.90. The number of rotatable bonds is 3. The van der Waals surface area contributed by atoms with Crippen molar-refractivity contribution in [3.8, 4) is 5.75 Å². The van der Waals surface area contributed by atoms with Crippen molar-refractivity contribution in [3.05, 3.63) is 24.0 Å². The second kappa shape index (κ2) is 5.14. The molecule has 1 atom stereocenters. The van der Waals surface area contributed by atoms with E-state index in [-0.39, 0.29) is 17.2 Å². The third-order valence-electron chi connectivity index (χ3n) is 3.22. The van der Waals surface area contributed by atoms with Gasteiger partial charge in [-0.3, -0.25) is 0 Å². The minimum absolute atomic E-state index is 0.0972. The van der Waals surface area contributed by atoms with E-state index in [4.69, 9.17) is 9.47 Å². The molecule has 0 spiro atoms. The molecule has 1 saturated heterocycles. The van der Waals surface area contributed by atoms with Crippen molar-refractivity contribution >= 4 is 5.69 Å². The number of ether oxygens (including phenoxy) is 2. The topological polar surface area (TPSA) is 30.5 Å². The molecule has 1 unspecified atom stereocenters. The van der Waals surface area contributed by atoms with Gasteiger partial charge >= 0.3 is 0 Å². The van der Waals surface area contributed by atoms with Gasteiger partial charge < -0.3 is 14.8 Å². The second-order valence-corrected chi connectivity index (χ2v) is 5.29. The van der Waals surface area contributed by atoms with Gasteiger partial charge in [0.25, 0.3) is 0 Å². The fraction of sp³-hybridized carbons (Fsp3) is 0.571. The predicted molar refractivity (Wildman–Crippen MR) is 69.6 cm³/mol. The Morgan fingerprint density at radius 1 is 1.44 bits per heavy atom. The highest BCUT2D eigenvalue weighted by molar-refractivity contribution is 5.49. The minimum atomic E-state index is -0.338. The molecule has 1 aromatic carbocycles. The third-order valence-corrected chi connectivity index (χ3v) is 3.22. The maximum absolute atomic E-state index is 13.3. The van der Waals surface area contributed by atoms with Gasteiger partial charge in [-0.1, -0.05) is 0 Å². The van der Waals surface area contributed by atoms with Gasteiger partial charge in [-0.15, -0.1) is 0 Å². The van der Waals surface area contributed by atoms with Gasteiger partial charge in [-0.2, -0.15) is 0 Å². The van der Waals surface area contributed by atoms with Crippen LogP contribution in [0.5, 0.6) is 5.75 Å².